The van der Waals surface area contributed by atoms with Crippen LogP contribution in [0.1, 0.15) is 29.8 Å². The molecule has 0 saturated heterocycles. The number of hydrogen-bond acceptors (Lipinski definition) is 3. The van der Waals surface area contributed by atoms with Crippen LogP contribution in [-0.2, 0) is 6.42 Å². The van der Waals surface area contributed by atoms with Crippen molar-refractivity contribution in [3.63, 3.8) is 0 Å². The summed E-state index contributed by atoms with van der Waals surface area (Å²) in [5.41, 5.74) is 1.04. The van der Waals surface area contributed by atoms with E-state index in [9.17, 15) is 0 Å². The molecule has 0 aliphatic carbocycles. The highest BCUT2D eigenvalue weighted by atomic mass is 79.9. The first-order valence-corrected chi connectivity index (χ1v) is 7.95. The van der Waals surface area contributed by atoms with Crippen LogP contribution in [0.4, 0.5) is 0 Å². The van der Waals surface area contributed by atoms with Gasteiger partial charge in [-0.2, -0.15) is 0 Å². The molecule has 0 aliphatic heterocycles. The summed E-state index contributed by atoms with van der Waals surface area (Å²) in [6.07, 6.45) is 3.66. The van der Waals surface area contributed by atoms with Crippen molar-refractivity contribution in [1.29, 1.82) is 0 Å². The van der Waals surface area contributed by atoms with Crippen molar-refractivity contribution in [3.05, 3.63) is 43.9 Å². The summed E-state index contributed by atoms with van der Waals surface area (Å²) in [5.74, 6) is 0. The second-order valence-corrected chi connectivity index (χ2v) is 6.35. The molecule has 2 rings (SSSR count). The number of hydrogen-bond donors (Lipinski definition) is 1. The molecule has 2 heterocycles. The van der Waals surface area contributed by atoms with Gasteiger partial charge in [0.1, 0.15) is 0 Å². The highest BCUT2D eigenvalue weighted by molar-refractivity contribution is 9.10. The molecule has 0 spiro atoms. The van der Waals surface area contributed by atoms with Gasteiger partial charge in [-0.15, -0.1) is 11.3 Å². The van der Waals surface area contributed by atoms with Crippen molar-refractivity contribution >= 4 is 38.9 Å². The van der Waals surface area contributed by atoms with Gasteiger partial charge in [0.2, 0.25) is 0 Å². The van der Waals surface area contributed by atoms with E-state index in [1.165, 1.54) is 4.88 Å². The maximum absolute atomic E-state index is 6.07. The van der Waals surface area contributed by atoms with Crippen LogP contribution in [0.3, 0.4) is 0 Å². The third-order valence-electron chi connectivity index (χ3n) is 2.69. The zero-order valence-corrected chi connectivity index (χ0v) is 13.2. The zero-order chi connectivity index (χ0) is 13.0. The molecule has 18 heavy (non-hydrogen) atoms. The van der Waals surface area contributed by atoms with E-state index in [0.717, 1.165) is 29.4 Å². The van der Waals surface area contributed by atoms with Crippen LogP contribution in [0, 0.1) is 0 Å². The monoisotopic (exact) mass is 347 g/mol. The second kappa shape index (κ2) is 6.75. The fourth-order valence-electron chi connectivity index (χ4n) is 1.83. The minimum atomic E-state index is 0.210. The Morgan fingerprint density at radius 1 is 1.56 bits per heavy atom. The largest absolute Gasteiger partial charge is 0.453 e. The zero-order valence-electron chi connectivity index (χ0n) is 10.1. The van der Waals surface area contributed by atoms with Gasteiger partial charge in [0.25, 0.3) is 0 Å². The molecule has 1 atom stereocenters. The van der Waals surface area contributed by atoms with Crippen LogP contribution in [0.15, 0.2) is 32.7 Å². The summed E-state index contributed by atoms with van der Waals surface area (Å²) >= 11 is 11.3. The molecule has 0 saturated carbocycles. The lowest BCUT2D eigenvalue weighted by Crippen LogP contribution is -2.23. The third-order valence-corrected chi connectivity index (χ3v) is 4.72. The van der Waals surface area contributed by atoms with Gasteiger partial charge in [-0.05, 0) is 52.6 Å². The summed E-state index contributed by atoms with van der Waals surface area (Å²) in [4.78, 5) is 1.33. The van der Waals surface area contributed by atoms with E-state index < -0.39 is 0 Å². The molecule has 1 N–H and O–H groups in total. The number of nitrogens with one attached hydrogen (secondary N) is 1. The van der Waals surface area contributed by atoms with E-state index in [-0.39, 0.29) is 6.04 Å². The fraction of sp³-hybridized carbons (Fsp3) is 0.385. The van der Waals surface area contributed by atoms with E-state index in [2.05, 4.69) is 39.6 Å². The normalized spacial score (nSPS) is 12.8. The molecule has 2 nitrogen and oxygen atoms in total. The lowest BCUT2D eigenvalue weighted by atomic mass is 10.1. The predicted octanol–water partition coefficient (Wildman–Crippen LogP) is 5.04. The Morgan fingerprint density at radius 2 is 2.39 bits per heavy atom. The Balaban J connectivity index is 2.12. The highest BCUT2D eigenvalue weighted by Crippen LogP contribution is 2.29. The molecule has 1 unspecified atom stereocenters. The molecule has 98 valence electrons. The number of furan rings is 1. The first kappa shape index (κ1) is 14.1. The van der Waals surface area contributed by atoms with Crippen molar-refractivity contribution in [2.45, 2.75) is 25.8 Å². The smallest absolute Gasteiger partial charge is 0.197 e. The number of halogens is 2. The SMILES string of the molecule is CCCNC(Cc1cc(Br)cs1)c1ccoc1Cl. The maximum Gasteiger partial charge on any atom is 0.197 e. The Hall–Kier alpha value is -0.290. The maximum atomic E-state index is 6.07. The lowest BCUT2D eigenvalue weighted by molar-refractivity contribution is 0.515. The van der Waals surface area contributed by atoms with Crippen molar-refractivity contribution < 1.29 is 4.42 Å². The average molecular weight is 349 g/mol. The van der Waals surface area contributed by atoms with Crippen molar-refractivity contribution in [2.24, 2.45) is 0 Å². The van der Waals surface area contributed by atoms with Crippen LogP contribution in [0.2, 0.25) is 5.22 Å². The van der Waals surface area contributed by atoms with Gasteiger partial charge in [-0.1, -0.05) is 6.92 Å². The Bertz CT molecular complexity index is 497. The quantitative estimate of drug-likeness (QED) is 0.791. The fourth-order valence-corrected chi connectivity index (χ4v) is 3.57. The molecule has 0 radical (unpaired) electrons. The van der Waals surface area contributed by atoms with E-state index >= 15 is 0 Å². The number of thiophene rings is 1. The summed E-state index contributed by atoms with van der Waals surface area (Å²) in [7, 11) is 0. The third kappa shape index (κ3) is 3.60. The molecule has 0 bridgehead atoms. The predicted molar refractivity (Wildman–Crippen MR) is 80.5 cm³/mol. The minimum absolute atomic E-state index is 0.210. The molecule has 0 aliphatic rings. The lowest BCUT2D eigenvalue weighted by Gasteiger charge is -2.16. The van der Waals surface area contributed by atoms with Crippen LogP contribution >= 0.6 is 38.9 Å². The van der Waals surface area contributed by atoms with Crippen LogP contribution in [-0.4, -0.2) is 6.54 Å². The molecule has 0 aromatic carbocycles. The standard InChI is InChI=1S/C13H15BrClNOS/c1-2-4-16-12(11-3-5-17-13(11)15)7-10-6-9(14)8-18-10/h3,5-6,8,12,16H,2,4,7H2,1H3. The molecular formula is C13H15BrClNOS. The highest BCUT2D eigenvalue weighted by Gasteiger charge is 2.17. The molecule has 2 aromatic heterocycles. The van der Waals surface area contributed by atoms with Crippen molar-refractivity contribution in [1.82, 2.24) is 5.32 Å². The molecule has 2 aromatic rings. The van der Waals surface area contributed by atoms with E-state index in [0.29, 0.717) is 5.22 Å². The van der Waals surface area contributed by atoms with Gasteiger partial charge in [0.05, 0.1) is 6.26 Å². The Kier molecular flexibility index (Phi) is 5.30. The van der Waals surface area contributed by atoms with E-state index in [1.807, 2.05) is 6.07 Å². The van der Waals surface area contributed by atoms with Gasteiger partial charge in [0, 0.05) is 32.8 Å². The van der Waals surface area contributed by atoms with Crippen molar-refractivity contribution in [3.8, 4) is 0 Å². The molecule has 5 heteroatoms. The van der Waals surface area contributed by atoms with Gasteiger partial charge in [-0.25, -0.2) is 0 Å². The summed E-state index contributed by atoms with van der Waals surface area (Å²) in [5, 5.41) is 6.10. The van der Waals surface area contributed by atoms with Gasteiger partial charge in [-0.3, -0.25) is 0 Å². The van der Waals surface area contributed by atoms with E-state index in [1.54, 1.807) is 17.6 Å². The van der Waals surface area contributed by atoms with Crippen LogP contribution in [0.5, 0.6) is 0 Å². The topological polar surface area (TPSA) is 25.2 Å². The molecular weight excluding hydrogens is 334 g/mol. The molecule has 0 fully saturated rings. The Labute approximate surface area is 124 Å². The van der Waals surface area contributed by atoms with Gasteiger partial charge in [0.15, 0.2) is 5.22 Å². The summed E-state index contributed by atoms with van der Waals surface area (Å²) in [6.45, 7) is 3.13. The van der Waals surface area contributed by atoms with E-state index in [4.69, 9.17) is 16.0 Å². The second-order valence-electron chi connectivity index (χ2n) is 4.09. The first-order valence-electron chi connectivity index (χ1n) is 5.90. The van der Waals surface area contributed by atoms with Crippen LogP contribution < -0.4 is 5.32 Å². The number of rotatable bonds is 6. The van der Waals surface area contributed by atoms with Gasteiger partial charge < -0.3 is 9.73 Å². The average Bonchev–Trinajstić information content (AvgIpc) is 2.93. The first-order chi connectivity index (χ1) is 8.70. The van der Waals surface area contributed by atoms with Gasteiger partial charge >= 0.3 is 0 Å². The Morgan fingerprint density at radius 3 is 2.94 bits per heavy atom. The van der Waals surface area contributed by atoms with Crippen LogP contribution in [0.25, 0.3) is 0 Å². The minimum Gasteiger partial charge on any atom is -0.453 e. The van der Waals surface area contributed by atoms with Crippen molar-refractivity contribution in [2.75, 3.05) is 6.54 Å². The summed E-state index contributed by atoms with van der Waals surface area (Å²) < 4.78 is 6.32. The molecule has 0 amide bonds. The summed E-state index contributed by atoms with van der Waals surface area (Å²) in [6, 6.07) is 4.30.